The van der Waals surface area contributed by atoms with Crippen LogP contribution in [0.1, 0.15) is 32.1 Å². The molecule has 0 saturated heterocycles. The molecule has 1 aliphatic rings. The zero-order valence-electron chi connectivity index (χ0n) is 6.38. The van der Waals surface area contributed by atoms with Crippen LogP contribution in [0, 0.1) is 5.92 Å². The van der Waals surface area contributed by atoms with E-state index in [-0.39, 0.29) is 11.7 Å². The largest absolute Gasteiger partial charge is 0.481 e. The molecule has 0 aromatic carbocycles. The Kier molecular flexibility index (Phi) is 2.63. The number of carbonyl (C=O) groups is 2. The van der Waals surface area contributed by atoms with Crippen LogP contribution in [0.5, 0.6) is 0 Å². The van der Waals surface area contributed by atoms with E-state index in [1.807, 2.05) is 0 Å². The van der Waals surface area contributed by atoms with Gasteiger partial charge in [-0.2, -0.15) is 0 Å². The van der Waals surface area contributed by atoms with Crippen molar-refractivity contribution in [2.45, 2.75) is 32.1 Å². The summed E-state index contributed by atoms with van der Waals surface area (Å²) in [7, 11) is 0. The van der Waals surface area contributed by atoms with Crippen molar-refractivity contribution in [1.82, 2.24) is 0 Å². The van der Waals surface area contributed by atoms with E-state index in [1.54, 1.807) is 0 Å². The standard InChI is InChI=1S/C8H12O3/c9-7-3-1-2-6(4-5-7)8(10)11/h6H,1-5H2,(H,10,11)/t6-/m0/s1. The number of hydrogen-bond donors (Lipinski definition) is 1. The summed E-state index contributed by atoms with van der Waals surface area (Å²) in [5.41, 5.74) is 0. The fourth-order valence-corrected chi connectivity index (χ4v) is 1.40. The Bertz CT molecular complexity index is 174. The highest BCUT2D eigenvalue weighted by Gasteiger charge is 2.21. The molecule has 0 aliphatic heterocycles. The summed E-state index contributed by atoms with van der Waals surface area (Å²) < 4.78 is 0. The molecule has 0 bridgehead atoms. The Morgan fingerprint density at radius 1 is 1.36 bits per heavy atom. The first-order chi connectivity index (χ1) is 5.20. The highest BCUT2D eigenvalue weighted by Crippen LogP contribution is 2.20. The third-order valence-electron chi connectivity index (χ3n) is 2.13. The molecule has 11 heavy (non-hydrogen) atoms. The molecule has 3 nitrogen and oxygen atoms in total. The second kappa shape index (κ2) is 3.51. The van der Waals surface area contributed by atoms with E-state index in [0.717, 1.165) is 6.42 Å². The molecular weight excluding hydrogens is 144 g/mol. The highest BCUT2D eigenvalue weighted by atomic mass is 16.4. The number of rotatable bonds is 1. The third-order valence-corrected chi connectivity index (χ3v) is 2.13. The zero-order chi connectivity index (χ0) is 8.27. The van der Waals surface area contributed by atoms with Gasteiger partial charge in [0.1, 0.15) is 5.78 Å². The minimum Gasteiger partial charge on any atom is -0.481 e. The molecule has 0 heterocycles. The monoisotopic (exact) mass is 156 g/mol. The van der Waals surface area contributed by atoms with Crippen LogP contribution in [0.2, 0.25) is 0 Å². The lowest BCUT2D eigenvalue weighted by atomic mass is 10.0. The Morgan fingerprint density at radius 2 is 2.09 bits per heavy atom. The van der Waals surface area contributed by atoms with Gasteiger partial charge in [0.15, 0.2) is 0 Å². The van der Waals surface area contributed by atoms with E-state index in [4.69, 9.17) is 5.11 Å². The fourth-order valence-electron chi connectivity index (χ4n) is 1.40. The zero-order valence-corrected chi connectivity index (χ0v) is 6.38. The first kappa shape index (κ1) is 8.24. The van der Waals surface area contributed by atoms with Crippen LogP contribution in [0.3, 0.4) is 0 Å². The quantitative estimate of drug-likeness (QED) is 0.581. The van der Waals surface area contributed by atoms with E-state index in [1.165, 1.54) is 0 Å². The Labute approximate surface area is 65.4 Å². The second-order valence-electron chi connectivity index (χ2n) is 3.00. The van der Waals surface area contributed by atoms with Gasteiger partial charge in [0, 0.05) is 12.8 Å². The Hall–Kier alpha value is -0.860. The van der Waals surface area contributed by atoms with Gasteiger partial charge in [0.2, 0.25) is 0 Å². The SMILES string of the molecule is O=C1CCC[C@H](C(=O)O)CC1. The molecule has 1 N–H and O–H groups in total. The van der Waals surface area contributed by atoms with Crippen LogP contribution in [0.15, 0.2) is 0 Å². The topological polar surface area (TPSA) is 54.4 Å². The summed E-state index contributed by atoms with van der Waals surface area (Å²) in [6.45, 7) is 0. The Morgan fingerprint density at radius 3 is 2.73 bits per heavy atom. The van der Waals surface area contributed by atoms with E-state index < -0.39 is 5.97 Å². The molecule has 0 spiro atoms. The first-order valence-electron chi connectivity index (χ1n) is 3.94. The van der Waals surface area contributed by atoms with Gasteiger partial charge < -0.3 is 5.11 Å². The van der Waals surface area contributed by atoms with Crippen molar-refractivity contribution < 1.29 is 14.7 Å². The summed E-state index contributed by atoms with van der Waals surface area (Å²) in [5, 5.41) is 8.64. The van der Waals surface area contributed by atoms with Gasteiger partial charge in [-0.1, -0.05) is 0 Å². The van der Waals surface area contributed by atoms with E-state index in [2.05, 4.69) is 0 Å². The molecule has 0 radical (unpaired) electrons. The smallest absolute Gasteiger partial charge is 0.306 e. The normalized spacial score (nSPS) is 26.2. The van der Waals surface area contributed by atoms with Crippen LogP contribution in [0.4, 0.5) is 0 Å². The lowest BCUT2D eigenvalue weighted by Gasteiger charge is -2.05. The maximum atomic E-state index is 10.9. The predicted molar refractivity (Wildman–Crippen MR) is 39.2 cm³/mol. The molecule has 1 saturated carbocycles. The molecule has 3 heteroatoms. The lowest BCUT2D eigenvalue weighted by molar-refractivity contribution is -0.142. The van der Waals surface area contributed by atoms with Gasteiger partial charge in [-0.15, -0.1) is 0 Å². The summed E-state index contributed by atoms with van der Waals surface area (Å²) in [6, 6.07) is 0. The maximum Gasteiger partial charge on any atom is 0.306 e. The molecule has 1 atom stereocenters. The van der Waals surface area contributed by atoms with Crippen LogP contribution in [-0.2, 0) is 9.59 Å². The van der Waals surface area contributed by atoms with Gasteiger partial charge in [-0.05, 0) is 19.3 Å². The van der Waals surface area contributed by atoms with E-state index >= 15 is 0 Å². The third kappa shape index (κ3) is 2.33. The Balaban J connectivity index is 2.46. The van der Waals surface area contributed by atoms with Crippen molar-refractivity contribution in [3.63, 3.8) is 0 Å². The molecule has 0 aromatic rings. The van der Waals surface area contributed by atoms with Crippen LogP contribution in [0.25, 0.3) is 0 Å². The number of carboxylic acid groups (broad SMARTS) is 1. The number of carboxylic acids is 1. The van der Waals surface area contributed by atoms with Gasteiger partial charge in [0.05, 0.1) is 5.92 Å². The molecule has 62 valence electrons. The van der Waals surface area contributed by atoms with E-state index in [0.29, 0.717) is 25.7 Å². The van der Waals surface area contributed by atoms with Crippen LogP contribution in [-0.4, -0.2) is 16.9 Å². The molecule has 0 amide bonds. The van der Waals surface area contributed by atoms with Crippen molar-refractivity contribution in [3.05, 3.63) is 0 Å². The number of hydrogen-bond acceptors (Lipinski definition) is 2. The molecular formula is C8H12O3. The minimum absolute atomic E-state index is 0.216. The highest BCUT2D eigenvalue weighted by molar-refractivity contribution is 5.80. The molecule has 0 unspecified atom stereocenters. The maximum absolute atomic E-state index is 10.9. The summed E-state index contributed by atoms with van der Waals surface area (Å²) in [5.74, 6) is -0.810. The summed E-state index contributed by atoms with van der Waals surface area (Å²) in [4.78, 5) is 21.4. The average Bonchev–Trinajstić information content (AvgIpc) is 2.13. The predicted octanol–water partition coefficient (Wildman–Crippen LogP) is 1.22. The molecule has 1 fully saturated rings. The van der Waals surface area contributed by atoms with Crippen molar-refractivity contribution in [3.8, 4) is 0 Å². The first-order valence-corrected chi connectivity index (χ1v) is 3.94. The number of carbonyl (C=O) groups excluding carboxylic acids is 1. The van der Waals surface area contributed by atoms with Gasteiger partial charge in [0.25, 0.3) is 0 Å². The minimum atomic E-state index is -0.750. The summed E-state index contributed by atoms with van der Waals surface area (Å²) >= 11 is 0. The van der Waals surface area contributed by atoms with Crippen LogP contribution < -0.4 is 0 Å². The van der Waals surface area contributed by atoms with Crippen molar-refractivity contribution >= 4 is 11.8 Å². The van der Waals surface area contributed by atoms with E-state index in [9.17, 15) is 9.59 Å². The number of Topliss-reactive ketones (excluding diaryl/α,β-unsaturated/α-hetero) is 1. The van der Waals surface area contributed by atoms with Gasteiger partial charge in [-0.3, -0.25) is 9.59 Å². The lowest BCUT2D eigenvalue weighted by Crippen LogP contribution is -2.12. The number of aliphatic carboxylic acids is 1. The molecule has 0 aromatic heterocycles. The average molecular weight is 156 g/mol. The summed E-state index contributed by atoms with van der Waals surface area (Å²) in [6.07, 6.45) is 2.98. The number of ketones is 1. The second-order valence-corrected chi connectivity index (χ2v) is 3.00. The van der Waals surface area contributed by atoms with Gasteiger partial charge >= 0.3 is 5.97 Å². The van der Waals surface area contributed by atoms with Gasteiger partial charge in [-0.25, -0.2) is 0 Å². The fraction of sp³-hybridized carbons (Fsp3) is 0.750. The van der Waals surface area contributed by atoms with Crippen molar-refractivity contribution in [1.29, 1.82) is 0 Å². The molecule has 1 rings (SSSR count). The van der Waals surface area contributed by atoms with Crippen LogP contribution >= 0.6 is 0 Å². The van der Waals surface area contributed by atoms with Crippen molar-refractivity contribution in [2.24, 2.45) is 5.92 Å². The van der Waals surface area contributed by atoms with Crippen molar-refractivity contribution in [2.75, 3.05) is 0 Å². The molecule has 1 aliphatic carbocycles.